The van der Waals surface area contributed by atoms with Crippen LogP contribution in [0.25, 0.3) is 22.0 Å². The Morgan fingerprint density at radius 3 is 2.84 bits per heavy atom. The molecule has 0 radical (unpaired) electrons. The van der Waals surface area contributed by atoms with Crippen LogP contribution in [0.2, 0.25) is 0 Å². The van der Waals surface area contributed by atoms with Crippen LogP contribution in [-0.2, 0) is 17.9 Å². The molecule has 158 valence electrons. The number of carbonyl (C=O) groups excluding carboxylic acids is 1. The average molecular weight is 415 g/mol. The van der Waals surface area contributed by atoms with Crippen molar-refractivity contribution in [3.63, 3.8) is 0 Å². The minimum atomic E-state index is -0.221. The van der Waals surface area contributed by atoms with E-state index in [1.54, 1.807) is 0 Å². The summed E-state index contributed by atoms with van der Waals surface area (Å²) in [5, 5.41) is 8.12. The van der Waals surface area contributed by atoms with Gasteiger partial charge in [0.25, 0.3) is 0 Å². The Hall–Kier alpha value is -3.54. The zero-order valence-corrected chi connectivity index (χ0v) is 17.6. The zero-order valence-electron chi connectivity index (χ0n) is 17.6. The highest BCUT2D eigenvalue weighted by molar-refractivity contribution is 5.85. The molecule has 5 rings (SSSR count). The molecule has 1 saturated heterocycles. The maximum absolute atomic E-state index is 12.6. The number of hydrogen-bond acceptors (Lipinski definition) is 3. The molecule has 3 heterocycles. The standard InChI is InChI=1S/C25H26N4O2/c1-18-22(10-12-29(18)25(30)31-17-19-5-3-2-4-6-19)16-28-11-9-21-13-20(7-8-24(21)28)23-14-26-27-15-23/h2-9,11,13-15,18,22H,10,12,16-17H2,1H3,(H,26,27). The monoisotopic (exact) mass is 414 g/mol. The molecule has 1 aliphatic rings. The van der Waals surface area contributed by atoms with E-state index in [4.69, 9.17) is 4.74 Å². The Balaban J connectivity index is 1.24. The molecule has 0 saturated carbocycles. The van der Waals surface area contributed by atoms with Crippen LogP contribution in [0.1, 0.15) is 18.9 Å². The summed E-state index contributed by atoms with van der Waals surface area (Å²) in [5.41, 5.74) is 4.46. The summed E-state index contributed by atoms with van der Waals surface area (Å²) in [4.78, 5) is 14.5. The van der Waals surface area contributed by atoms with E-state index in [1.165, 1.54) is 10.9 Å². The van der Waals surface area contributed by atoms with Crippen molar-refractivity contribution in [2.75, 3.05) is 6.54 Å². The van der Waals surface area contributed by atoms with E-state index >= 15 is 0 Å². The van der Waals surface area contributed by atoms with E-state index in [0.29, 0.717) is 12.5 Å². The Bertz CT molecular complexity index is 1170. The van der Waals surface area contributed by atoms with Crippen LogP contribution < -0.4 is 0 Å². The Morgan fingerprint density at radius 1 is 1.16 bits per heavy atom. The number of rotatable bonds is 5. The summed E-state index contributed by atoms with van der Waals surface area (Å²) in [6.07, 6.45) is 6.65. The first kappa shape index (κ1) is 19.4. The van der Waals surface area contributed by atoms with E-state index in [9.17, 15) is 4.79 Å². The Labute approximate surface area is 181 Å². The van der Waals surface area contributed by atoms with Crippen LogP contribution in [0.5, 0.6) is 0 Å². The second-order valence-electron chi connectivity index (χ2n) is 8.25. The summed E-state index contributed by atoms with van der Waals surface area (Å²) in [6.45, 7) is 4.07. The second-order valence-corrected chi connectivity index (χ2v) is 8.25. The van der Waals surface area contributed by atoms with Crippen LogP contribution in [0.3, 0.4) is 0 Å². The lowest BCUT2D eigenvalue weighted by Crippen LogP contribution is -2.37. The molecule has 6 heteroatoms. The van der Waals surface area contributed by atoms with E-state index in [0.717, 1.165) is 36.2 Å². The molecule has 1 amide bonds. The van der Waals surface area contributed by atoms with Crippen molar-refractivity contribution < 1.29 is 9.53 Å². The number of benzene rings is 2. The van der Waals surface area contributed by atoms with Crippen molar-refractivity contribution in [3.8, 4) is 11.1 Å². The minimum absolute atomic E-state index is 0.144. The molecular formula is C25H26N4O2. The van der Waals surface area contributed by atoms with Crippen LogP contribution in [-0.4, -0.2) is 38.3 Å². The predicted octanol–water partition coefficient (Wildman–Crippen LogP) is 5.08. The molecule has 1 fully saturated rings. The molecular weight excluding hydrogens is 388 g/mol. The van der Waals surface area contributed by atoms with Crippen molar-refractivity contribution >= 4 is 17.0 Å². The smallest absolute Gasteiger partial charge is 0.410 e. The number of nitrogens with one attached hydrogen (secondary N) is 1. The van der Waals surface area contributed by atoms with E-state index in [2.05, 4.69) is 52.2 Å². The van der Waals surface area contributed by atoms with Crippen molar-refractivity contribution in [2.24, 2.45) is 5.92 Å². The highest BCUT2D eigenvalue weighted by Crippen LogP contribution is 2.30. The highest BCUT2D eigenvalue weighted by atomic mass is 16.6. The maximum Gasteiger partial charge on any atom is 0.410 e. The molecule has 0 bridgehead atoms. The number of H-pyrrole nitrogens is 1. The number of ether oxygens (including phenoxy) is 1. The van der Waals surface area contributed by atoms with Gasteiger partial charge in [-0.25, -0.2) is 4.79 Å². The van der Waals surface area contributed by atoms with E-state index in [1.807, 2.05) is 47.6 Å². The lowest BCUT2D eigenvalue weighted by atomic mass is 10.0. The Morgan fingerprint density at radius 2 is 2.03 bits per heavy atom. The second kappa shape index (κ2) is 8.30. The number of fused-ring (bicyclic) bond motifs is 1. The predicted molar refractivity (Wildman–Crippen MR) is 120 cm³/mol. The molecule has 1 N–H and O–H groups in total. The fourth-order valence-electron chi connectivity index (χ4n) is 4.51. The van der Waals surface area contributed by atoms with Crippen LogP contribution >= 0.6 is 0 Å². The zero-order chi connectivity index (χ0) is 21.2. The molecule has 6 nitrogen and oxygen atoms in total. The summed E-state index contributed by atoms with van der Waals surface area (Å²) in [5.74, 6) is 0.397. The fraction of sp³-hybridized carbons (Fsp3) is 0.280. The molecule has 2 atom stereocenters. The van der Waals surface area contributed by atoms with Gasteiger partial charge in [0.2, 0.25) is 0 Å². The lowest BCUT2D eigenvalue weighted by Gasteiger charge is -2.24. The van der Waals surface area contributed by atoms with Gasteiger partial charge in [0, 0.05) is 48.0 Å². The van der Waals surface area contributed by atoms with E-state index in [-0.39, 0.29) is 12.1 Å². The number of aromatic nitrogens is 3. The third kappa shape index (κ3) is 3.93. The van der Waals surface area contributed by atoms with E-state index < -0.39 is 0 Å². The first-order valence-electron chi connectivity index (χ1n) is 10.7. The van der Waals surface area contributed by atoms with Crippen molar-refractivity contribution in [2.45, 2.75) is 32.5 Å². The van der Waals surface area contributed by atoms with Crippen molar-refractivity contribution in [3.05, 3.63) is 78.8 Å². The van der Waals surface area contributed by atoms with Gasteiger partial charge in [-0.15, -0.1) is 0 Å². The number of amides is 1. The normalized spacial score (nSPS) is 18.5. The number of nitrogens with zero attached hydrogens (tertiary/aromatic N) is 3. The lowest BCUT2D eigenvalue weighted by molar-refractivity contribution is 0.0905. The number of likely N-dealkylation sites (tertiary alicyclic amines) is 1. The van der Waals surface area contributed by atoms with Gasteiger partial charge in [-0.05, 0) is 48.6 Å². The largest absolute Gasteiger partial charge is 0.445 e. The van der Waals surface area contributed by atoms with Crippen LogP contribution in [0.4, 0.5) is 4.79 Å². The summed E-state index contributed by atoms with van der Waals surface area (Å²) in [7, 11) is 0. The highest BCUT2D eigenvalue weighted by Gasteiger charge is 2.35. The third-order valence-corrected chi connectivity index (χ3v) is 6.39. The van der Waals surface area contributed by atoms with Gasteiger partial charge in [-0.2, -0.15) is 5.10 Å². The topological polar surface area (TPSA) is 63.2 Å². The molecule has 2 unspecified atom stereocenters. The molecule has 31 heavy (non-hydrogen) atoms. The molecule has 4 aromatic rings. The molecule has 1 aliphatic heterocycles. The molecule has 0 aliphatic carbocycles. The van der Waals surface area contributed by atoms with Gasteiger partial charge in [0.05, 0.1) is 6.20 Å². The molecule has 0 spiro atoms. The Kier molecular flexibility index (Phi) is 5.20. The molecule has 2 aromatic carbocycles. The first-order chi connectivity index (χ1) is 15.2. The van der Waals surface area contributed by atoms with Crippen LogP contribution in [0.15, 0.2) is 73.2 Å². The van der Waals surface area contributed by atoms with Gasteiger partial charge < -0.3 is 14.2 Å². The first-order valence-corrected chi connectivity index (χ1v) is 10.7. The number of carbonyl (C=O) groups is 1. The van der Waals surface area contributed by atoms with Gasteiger partial charge >= 0.3 is 6.09 Å². The number of hydrogen-bond donors (Lipinski definition) is 1. The van der Waals surface area contributed by atoms with Crippen molar-refractivity contribution in [1.29, 1.82) is 0 Å². The van der Waals surface area contributed by atoms with Crippen LogP contribution in [0, 0.1) is 5.92 Å². The van der Waals surface area contributed by atoms with Gasteiger partial charge in [-0.1, -0.05) is 36.4 Å². The van der Waals surface area contributed by atoms with Gasteiger partial charge in [-0.3, -0.25) is 5.10 Å². The average Bonchev–Trinajstić information content (AvgIpc) is 3.54. The summed E-state index contributed by atoms with van der Waals surface area (Å²) in [6, 6.07) is 18.6. The minimum Gasteiger partial charge on any atom is -0.445 e. The van der Waals surface area contributed by atoms with Gasteiger partial charge in [0.15, 0.2) is 0 Å². The SMILES string of the molecule is CC1C(Cn2ccc3cc(-c4cn[nH]c4)ccc32)CCN1C(=O)OCc1ccccc1. The third-order valence-electron chi connectivity index (χ3n) is 6.39. The molecule has 2 aromatic heterocycles. The maximum atomic E-state index is 12.6. The van der Waals surface area contributed by atoms with Crippen molar-refractivity contribution in [1.82, 2.24) is 19.7 Å². The number of aromatic amines is 1. The summed E-state index contributed by atoms with van der Waals surface area (Å²) < 4.78 is 7.86. The fourth-order valence-corrected chi connectivity index (χ4v) is 4.51. The summed E-state index contributed by atoms with van der Waals surface area (Å²) >= 11 is 0. The van der Waals surface area contributed by atoms with Gasteiger partial charge in [0.1, 0.15) is 6.61 Å². The quantitative estimate of drug-likeness (QED) is 0.495.